The summed E-state index contributed by atoms with van der Waals surface area (Å²) in [5.41, 5.74) is 6.26. The number of pyridine rings is 1. The summed E-state index contributed by atoms with van der Waals surface area (Å²) in [5.74, 6) is -3.59. The van der Waals surface area contributed by atoms with Gasteiger partial charge in [0, 0.05) is 49.3 Å². The lowest BCUT2D eigenvalue weighted by Crippen LogP contribution is -2.49. The molecule has 3 aromatic heterocycles. The third-order valence-electron chi connectivity index (χ3n) is 7.84. The average molecular weight is 825 g/mol. The first-order valence-electron chi connectivity index (χ1n) is 17.7. The molecule has 3 amide bonds. The number of alkyl carbamates (subject to hydrolysis) is 1. The van der Waals surface area contributed by atoms with Gasteiger partial charge in [-0.1, -0.05) is 16.9 Å². The number of unbranched alkanes of at least 4 members (excludes halogenated alkanes) is 1. The molecule has 0 bridgehead atoms. The highest BCUT2D eigenvalue weighted by Gasteiger charge is 2.22. The molecule has 0 saturated heterocycles. The molecule has 3 heterocycles. The number of aliphatic carboxylic acids is 2. The number of nitrogen functional groups attached to an aromatic ring is 1. The Labute approximate surface area is 333 Å². The van der Waals surface area contributed by atoms with Crippen LogP contribution in [0, 0.1) is 0 Å². The van der Waals surface area contributed by atoms with Crippen LogP contribution in [0.4, 0.5) is 16.4 Å². The molecular weight excluding hydrogens is 783 g/mol. The molecule has 0 radical (unpaired) electrons. The van der Waals surface area contributed by atoms with Crippen molar-refractivity contribution in [2.24, 2.45) is 0 Å². The number of aromatic nitrogens is 5. The fraction of sp³-hybridized carbons (Fsp3) is 0.371. The third kappa shape index (κ3) is 15.6. The van der Waals surface area contributed by atoms with Crippen molar-refractivity contribution in [3.05, 3.63) is 76.5 Å². The van der Waals surface area contributed by atoms with Gasteiger partial charge in [0.25, 0.3) is 11.5 Å². The van der Waals surface area contributed by atoms with Gasteiger partial charge < -0.3 is 52.1 Å². The number of carbonyl (C=O) groups is 5. The normalized spacial score (nSPS) is 11.9. The molecule has 0 spiro atoms. The maximum atomic E-state index is 12.8. The molecule has 20 nitrogen and oxygen atoms in total. The second kappa shape index (κ2) is 23.2. The van der Waals surface area contributed by atoms with Crippen molar-refractivity contribution in [1.82, 2.24) is 46.2 Å². The Hall–Kier alpha value is -6.00. The Morgan fingerprint density at radius 2 is 1.75 bits per heavy atom. The Balaban J connectivity index is 1.08. The lowest BCUT2D eigenvalue weighted by molar-refractivity contribution is -0.308. The van der Waals surface area contributed by atoms with Crippen LogP contribution in [-0.4, -0.2) is 104 Å². The van der Waals surface area contributed by atoms with Crippen LogP contribution in [0.3, 0.4) is 0 Å². The number of fused-ring (bicyclic) bond motifs is 1. The zero-order valence-corrected chi connectivity index (χ0v) is 32.2. The van der Waals surface area contributed by atoms with E-state index < -0.39 is 53.9 Å². The van der Waals surface area contributed by atoms with E-state index in [2.05, 4.69) is 51.5 Å². The zero-order valence-electron chi connectivity index (χ0n) is 30.5. The number of nitrogens with two attached hydrogens (primary N) is 1. The van der Waals surface area contributed by atoms with Gasteiger partial charge in [-0.2, -0.15) is 4.98 Å². The van der Waals surface area contributed by atoms with Gasteiger partial charge in [-0.3, -0.25) is 19.4 Å². The van der Waals surface area contributed by atoms with E-state index in [0.29, 0.717) is 30.8 Å². The molecule has 22 heteroatoms. The molecule has 2 unspecified atom stereocenters. The van der Waals surface area contributed by atoms with Crippen molar-refractivity contribution in [1.29, 1.82) is 0 Å². The van der Waals surface area contributed by atoms with Gasteiger partial charge in [-0.05, 0) is 72.9 Å². The van der Waals surface area contributed by atoms with E-state index in [4.69, 9.17) is 10.5 Å². The first-order chi connectivity index (χ1) is 27.5. The Morgan fingerprint density at radius 3 is 2.49 bits per heavy atom. The largest absolute Gasteiger partial charge is 0.548 e. The lowest BCUT2D eigenvalue weighted by Gasteiger charge is -2.20. The molecule has 0 fully saturated rings. The van der Waals surface area contributed by atoms with Crippen molar-refractivity contribution in [3.8, 4) is 0 Å². The molecule has 4 rings (SSSR count). The number of carbonyl (C=O) groups excluding carboxylic acids is 4. The molecule has 9 N–H and O–H groups in total. The van der Waals surface area contributed by atoms with Gasteiger partial charge in [0.05, 0.1) is 30.4 Å². The summed E-state index contributed by atoms with van der Waals surface area (Å²) in [6.45, 7) is 1.80. The maximum absolute atomic E-state index is 12.8. The molecule has 304 valence electrons. The van der Waals surface area contributed by atoms with E-state index in [1.54, 1.807) is 39.9 Å². The van der Waals surface area contributed by atoms with Crippen LogP contribution in [0.25, 0.3) is 11.2 Å². The number of rotatable bonds is 24. The highest BCUT2D eigenvalue weighted by molar-refractivity contribution is 8.76. The average Bonchev–Trinajstić information content (AvgIpc) is 3.19. The topological polar surface area (TPSA) is 308 Å². The van der Waals surface area contributed by atoms with Crippen LogP contribution in [0.2, 0.25) is 0 Å². The van der Waals surface area contributed by atoms with E-state index in [-0.39, 0.29) is 55.2 Å². The van der Waals surface area contributed by atoms with Crippen molar-refractivity contribution >= 4 is 74.2 Å². The molecule has 0 saturated carbocycles. The number of aromatic amines is 1. The van der Waals surface area contributed by atoms with Gasteiger partial charge in [0.15, 0.2) is 11.2 Å². The second-order valence-corrected chi connectivity index (χ2v) is 14.6. The molecule has 0 aliphatic carbocycles. The number of hydrogen-bond acceptors (Lipinski definition) is 17. The number of amides is 3. The second-order valence-electron chi connectivity index (χ2n) is 12.1. The summed E-state index contributed by atoms with van der Waals surface area (Å²) in [4.78, 5) is 91.7. The van der Waals surface area contributed by atoms with Gasteiger partial charge in [0.1, 0.15) is 17.7 Å². The van der Waals surface area contributed by atoms with E-state index in [1.807, 2.05) is 18.2 Å². The highest BCUT2D eigenvalue weighted by atomic mass is 33.1. The van der Waals surface area contributed by atoms with Crippen molar-refractivity contribution < 1.29 is 38.9 Å². The minimum atomic E-state index is -1.62. The number of nitrogens with one attached hydrogen (secondary N) is 6. The summed E-state index contributed by atoms with van der Waals surface area (Å²) in [6, 6.07) is 8.98. The summed E-state index contributed by atoms with van der Waals surface area (Å²) in [7, 11) is 3.25. The Morgan fingerprint density at radius 1 is 0.947 bits per heavy atom. The van der Waals surface area contributed by atoms with Crippen LogP contribution < -0.4 is 43.0 Å². The predicted octanol–water partition coefficient (Wildman–Crippen LogP) is 0.427. The standard InChI is InChI=1S/C35H43N11O9S2/c36-34-45-29-28(31(49)46-34)42-23(20-41-29)19-40-22-9-7-21(8-10-22)30(48)44-25(33(52)53)11-12-26(47)43-24(32(50)51)5-1-3-14-39-35(54)55-17-15-37-16-18-56-57-27-6-2-4-13-38-27/h2,4,6-10,13,20,24-25,37,40H,1,3,5,11-12,14-19H2,(H,39,54)(H,43,47)(H,44,48)(H,50,51)(H,52,53)(H3,36,41,45,46,49)/p-1. The van der Waals surface area contributed by atoms with Crippen molar-refractivity contribution in [2.75, 3.05) is 43.0 Å². The Kier molecular flexibility index (Phi) is 17.8. The lowest BCUT2D eigenvalue weighted by atomic mass is 10.1. The number of nitrogens with zero attached hydrogens (tertiary/aromatic N) is 4. The monoisotopic (exact) mass is 824 g/mol. The summed E-state index contributed by atoms with van der Waals surface area (Å²) in [5, 5.41) is 35.8. The molecule has 57 heavy (non-hydrogen) atoms. The predicted molar refractivity (Wildman–Crippen MR) is 210 cm³/mol. The minimum Gasteiger partial charge on any atom is -0.548 e. The molecule has 0 aliphatic heterocycles. The van der Waals surface area contributed by atoms with Gasteiger partial charge in [0.2, 0.25) is 11.9 Å². The van der Waals surface area contributed by atoms with E-state index >= 15 is 0 Å². The van der Waals surface area contributed by atoms with Crippen LogP contribution in [0.5, 0.6) is 0 Å². The van der Waals surface area contributed by atoms with Gasteiger partial charge in [-0.25, -0.2) is 24.5 Å². The number of carboxylic acid groups (broad SMARTS) is 2. The first-order valence-corrected chi connectivity index (χ1v) is 20.0. The first kappa shape index (κ1) is 43.7. The number of hydrogen-bond donors (Lipinski definition) is 8. The van der Waals surface area contributed by atoms with Crippen molar-refractivity contribution in [2.45, 2.75) is 55.8 Å². The summed E-state index contributed by atoms with van der Waals surface area (Å²) >= 11 is 0. The van der Waals surface area contributed by atoms with Crippen LogP contribution in [0.1, 0.15) is 48.2 Å². The SMILES string of the molecule is Nc1nc2ncc(CNc3ccc(C(=O)NC(CCC(=O)NC(CCCCNC(=O)OCCNCCSSc4ccccn4)C(=O)O)C(=O)[O-])cc3)nc2c(=O)[nH]1. The fourth-order valence-electron chi connectivity index (χ4n) is 4.95. The molecular formula is C35H42N11O9S2-. The number of ether oxygens (including phenoxy) is 1. The number of anilines is 2. The maximum Gasteiger partial charge on any atom is 0.407 e. The van der Waals surface area contributed by atoms with Crippen LogP contribution in [-0.2, 0) is 25.7 Å². The smallest absolute Gasteiger partial charge is 0.407 e. The molecule has 1 aromatic carbocycles. The zero-order chi connectivity index (χ0) is 41.0. The molecule has 4 aromatic rings. The molecule has 0 aliphatic rings. The summed E-state index contributed by atoms with van der Waals surface area (Å²) < 4.78 is 5.11. The fourth-order valence-corrected chi connectivity index (χ4v) is 6.77. The van der Waals surface area contributed by atoms with Crippen LogP contribution in [0.15, 0.2) is 64.7 Å². The van der Waals surface area contributed by atoms with Crippen LogP contribution >= 0.6 is 21.6 Å². The number of H-pyrrole nitrogens is 1. The van der Waals surface area contributed by atoms with E-state index in [9.17, 15) is 39.0 Å². The quantitative estimate of drug-likeness (QED) is 0.0351. The van der Waals surface area contributed by atoms with Gasteiger partial charge in [-0.15, -0.1) is 0 Å². The van der Waals surface area contributed by atoms with E-state index in [0.717, 1.165) is 17.3 Å². The number of benzene rings is 1. The number of carboxylic acids is 2. The minimum absolute atomic E-state index is 0.0244. The summed E-state index contributed by atoms with van der Waals surface area (Å²) in [6.07, 6.45) is 2.66. The highest BCUT2D eigenvalue weighted by Crippen LogP contribution is 2.28. The van der Waals surface area contributed by atoms with E-state index in [1.165, 1.54) is 18.3 Å². The third-order valence-corrected chi connectivity index (χ3v) is 10.1. The molecule has 2 atom stereocenters. The Bertz CT molecular complexity index is 2030. The van der Waals surface area contributed by atoms with Gasteiger partial charge >= 0.3 is 12.1 Å². The van der Waals surface area contributed by atoms with Crippen molar-refractivity contribution in [3.63, 3.8) is 0 Å².